The molecule has 178 valence electrons. The number of ether oxygens (including phenoxy) is 1. The van der Waals surface area contributed by atoms with Crippen molar-refractivity contribution in [3.8, 4) is 5.75 Å². The highest BCUT2D eigenvalue weighted by Gasteiger charge is 2.46. The van der Waals surface area contributed by atoms with Crippen molar-refractivity contribution in [1.29, 1.82) is 0 Å². The van der Waals surface area contributed by atoms with Crippen molar-refractivity contribution in [2.45, 2.75) is 51.7 Å². The summed E-state index contributed by atoms with van der Waals surface area (Å²) in [6.07, 6.45) is 1.47. The first-order valence-corrected chi connectivity index (χ1v) is 11.5. The number of carbonyl (C=O) groups is 4. The second kappa shape index (κ2) is 10.2. The molecule has 1 unspecified atom stereocenters. The summed E-state index contributed by atoms with van der Waals surface area (Å²) in [6.45, 7) is 5.25. The van der Waals surface area contributed by atoms with Crippen molar-refractivity contribution in [1.82, 2.24) is 9.80 Å². The van der Waals surface area contributed by atoms with E-state index in [1.165, 1.54) is 31.5 Å². The first-order valence-electron chi connectivity index (χ1n) is 11.5. The lowest BCUT2D eigenvalue weighted by Crippen LogP contribution is -2.53. The van der Waals surface area contributed by atoms with E-state index in [1.807, 2.05) is 18.2 Å². The van der Waals surface area contributed by atoms with Crippen LogP contribution in [0, 0.1) is 0 Å². The van der Waals surface area contributed by atoms with Crippen LogP contribution in [0.2, 0.25) is 0 Å². The average Bonchev–Trinajstić information content (AvgIpc) is 3.09. The number of carbonyl (C=O) groups excluding carboxylic acids is 4. The minimum Gasteiger partial charge on any atom is -0.427 e. The maximum Gasteiger partial charge on any atom is 0.308 e. The van der Waals surface area contributed by atoms with E-state index < -0.39 is 17.9 Å². The van der Waals surface area contributed by atoms with Gasteiger partial charge in [-0.1, -0.05) is 30.3 Å². The topological polar surface area (TPSA) is 87.2 Å². The Kier molecular flexibility index (Phi) is 7.07. The van der Waals surface area contributed by atoms with Gasteiger partial charge < -0.3 is 9.64 Å². The molecule has 8 nitrogen and oxygen atoms in total. The smallest absolute Gasteiger partial charge is 0.308 e. The van der Waals surface area contributed by atoms with Crippen molar-refractivity contribution < 1.29 is 23.9 Å². The molecule has 3 amide bonds. The first kappa shape index (κ1) is 23.6. The number of rotatable bonds is 6. The SMILES string of the molecule is CC(=O)Oc1ccc(N2C(=O)CC(N(C(C)=O)C3CCN(Cc4ccccc4)CC3)C2=O)cc1. The number of likely N-dealkylation sites (tertiary alicyclic amines) is 1. The lowest BCUT2D eigenvalue weighted by Gasteiger charge is -2.40. The van der Waals surface area contributed by atoms with Crippen LogP contribution in [0.5, 0.6) is 5.75 Å². The quantitative estimate of drug-likeness (QED) is 0.372. The Hall–Kier alpha value is -3.52. The standard InChI is InChI=1S/C26H29N3O5/c1-18(30)28(22-12-14-27(15-13-22)17-20-6-4-3-5-7-20)24-16-25(32)29(26(24)33)21-8-10-23(11-9-21)34-19(2)31/h3-11,22,24H,12-17H2,1-2H3. The molecule has 2 aromatic rings. The summed E-state index contributed by atoms with van der Waals surface area (Å²) < 4.78 is 5.02. The molecule has 2 aromatic carbocycles. The van der Waals surface area contributed by atoms with E-state index in [1.54, 1.807) is 17.0 Å². The number of hydrogen-bond acceptors (Lipinski definition) is 6. The molecule has 0 aromatic heterocycles. The third-order valence-corrected chi connectivity index (χ3v) is 6.38. The van der Waals surface area contributed by atoms with Crippen LogP contribution in [0.4, 0.5) is 5.69 Å². The van der Waals surface area contributed by atoms with Gasteiger partial charge in [0.15, 0.2) is 0 Å². The van der Waals surface area contributed by atoms with E-state index in [-0.39, 0.29) is 24.3 Å². The van der Waals surface area contributed by atoms with Crippen LogP contribution >= 0.6 is 0 Å². The van der Waals surface area contributed by atoms with Gasteiger partial charge >= 0.3 is 5.97 Å². The molecule has 2 heterocycles. The molecule has 2 fully saturated rings. The largest absolute Gasteiger partial charge is 0.427 e. The van der Waals surface area contributed by atoms with E-state index in [2.05, 4.69) is 17.0 Å². The zero-order chi connectivity index (χ0) is 24.2. The van der Waals surface area contributed by atoms with Gasteiger partial charge in [0.05, 0.1) is 12.1 Å². The summed E-state index contributed by atoms with van der Waals surface area (Å²) in [5.41, 5.74) is 1.64. The van der Waals surface area contributed by atoms with Gasteiger partial charge in [-0.25, -0.2) is 4.90 Å². The third kappa shape index (κ3) is 5.17. The van der Waals surface area contributed by atoms with Crippen LogP contribution in [-0.4, -0.2) is 58.7 Å². The van der Waals surface area contributed by atoms with Crippen LogP contribution in [-0.2, 0) is 25.7 Å². The van der Waals surface area contributed by atoms with Crippen LogP contribution < -0.4 is 9.64 Å². The number of piperidine rings is 1. The maximum absolute atomic E-state index is 13.3. The lowest BCUT2D eigenvalue weighted by atomic mass is 9.99. The summed E-state index contributed by atoms with van der Waals surface area (Å²) in [4.78, 5) is 54.9. The molecule has 34 heavy (non-hydrogen) atoms. The lowest BCUT2D eigenvalue weighted by molar-refractivity contribution is -0.140. The number of anilines is 1. The molecule has 0 saturated carbocycles. The summed E-state index contributed by atoms with van der Waals surface area (Å²) >= 11 is 0. The first-order chi connectivity index (χ1) is 16.3. The summed E-state index contributed by atoms with van der Waals surface area (Å²) in [6, 6.07) is 15.6. The number of amides is 3. The highest BCUT2D eigenvalue weighted by Crippen LogP contribution is 2.30. The van der Waals surface area contributed by atoms with Gasteiger partial charge in [-0.15, -0.1) is 0 Å². The Morgan fingerprint density at radius 2 is 1.62 bits per heavy atom. The average molecular weight is 464 g/mol. The number of esters is 1. The molecule has 0 bridgehead atoms. The van der Waals surface area contributed by atoms with Gasteiger partial charge in [0.1, 0.15) is 11.8 Å². The number of imide groups is 1. The molecular weight excluding hydrogens is 434 g/mol. The fraction of sp³-hybridized carbons (Fsp3) is 0.385. The zero-order valence-electron chi connectivity index (χ0n) is 19.5. The van der Waals surface area contributed by atoms with Gasteiger partial charge in [-0.2, -0.15) is 0 Å². The van der Waals surface area contributed by atoms with Crippen LogP contribution in [0.1, 0.15) is 38.7 Å². The Balaban J connectivity index is 1.43. The summed E-state index contributed by atoms with van der Waals surface area (Å²) in [5.74, 6) is -1.05. The number of nitrogens with zero attached hydrogens (tertiary/aromatic N) is 3. The Morgan fingerprint density at radius 3 is 2.21 bits per heavy atom. The molecule has 2 aliphatic rings. The zero-order valence-corrected chi connectivity index (χ0v) is 19.5. The molecule has 4 rings (SSSR count). The second-order valence-corrected chi connectivity index (χ2v) is 8.79. The van der Waals surface area contributed by atoms with E-state index in [0.29, 0.717) is 11.4 Å². The Bertz CT molecular complexity index is 1060. The van der Waals surface area contributed by atoms with Gasteiger partial charge in [-0.05, 0) is 42.7 Å². The van der Waals surface area contributed by atoms with Gasteiger partial charge in [0, 0.05) is 39.5 Å². The molecule has 2 aliphatic heterocycles. The molecule has 2 saturated heterocycles. The normalized spacial score (nSPS) is 19.4. The summed E-state index contributed by atoms with van der Waals surface area (Å²) in [5, 5.41) is 0. The highest BCUT2D eigenvalue weighted by molar-refractivity contribution is 6.23. The van der Waals surface area contributed by atoms with Gasteiger partial charge in [-0.3, -0.25) is 24.1 Å². The number of hydrogen-bond donors (Lipinski definition) is 0. The fourth-order valence-corrected chi connectivity index (χ4v) is 4.86. The van der Waals surface area contributed by atoms with Crippen LogP contribution in [0.3, 0.4) is 0 Å². The molecule has 8 heteroatoms. The van der Waals surface area contributed by atoms with Gasteiger partial charge in [0.2, 0.25) is 11.8 Å². The van der Waals surface area contributed by atoms with E-state index in [9.17, 15) is 19.2 Å². The highest BCUT2D eigenvalue weighted by atomic mass is 16.5. The van der Waals surface area contributed by atoms with Crippen LogP contribution in [0.25, 0.3) is 0 Å². The molecular formula is C26H29N3O5. The number of benzene rings is 2. The van der Waals surface area contributed by atoms with E-state index in [0.717, 1.165) is 37.4 Å². The minimum absolute atomic E-state index is 0.0334. The van der Waals surface area contributed by atoms with E-state index >= 15 is 0 Å². The minimum atomic E-state index is -0.802. The monoisotopic (exact) mass is 463 g/mol. The third-order valence-electron chi connectivity index (χ3n) is 6.38. The van der Waals surface area contributed by atoms with Crippen molar-refractivity contribution in [2.24, 2.45) is 0 Å². The van der Waals surface area contributed by atoms with Crippen LogP contribution in [0.15, 0.2) is 54.6 Å². The van der Waals surface area contributed by atoms with Crippen molar-refractivity contribution >= 4 is 29.4 Å². The molecule has 0 spiro atoms. The van der Waals surface area contributed by atoms with E-state index in [4.69, 9.17) is 4.74 Å². The summed E-state index contributed by atoms with van der Waals surface area (Å²) in [7, 11) is 0. The predicted molar refractivity (Wildman–Crippen MR) is 126 cm³/mol. The van der Waals surface area contributed by atoms with Crippen molar-refractivity contribution in [3.63, 3.8) is 0 Å². The molecule has 0 aliphatic carbocycles. The van der Waals surface area contributed by atoms with Gasteiger partial charge in [0.25, 0.3) is 5.91 Å². The van der Waals surface area contributed by atoms with Crippen molar-refractivity contribution in [3.05, 3.63) is 60.2 Å². The second-order valence-electron chi connectivity index (χ2n) is 8.79. The Morgan fingerprint density at radius 1 is 0.971 bits per heavy atom. The Labute approximate surface area is 199 Å². The molecule has 1 atom stereocenters. The maximum atomic E-state index is 13.3. The predicted octanol–water partition coefficient (Wildman–Crippen LogP) is 2.76. The van der Waals surface area contributed by atoms with Crippen molar-refractivity contribution in [2.75, 3.05) is 18.0 Å². The molecule has 0 N–H and O–H groups in total. The molecule has 0 radical (unpaired) electrons. The fourth-order valence-electron chi connectivity index (χ4n) is 4.86.